The summed E-state index contributed by atoms with van der Waals surface area (Å²) >= 11 is 0. The number of fused-ring (bicyclic) bond motifs is 1. The highest BCUT2D eigenvalue weighted by molar-refractivity contribution is 5.97. The number of nitrogens with one attached hydrogen (secondary N) is 1. The van der Waals surface area contributed by atoms with Gasteiger partial charge in [-0.15, -0.1) is 0 Å². The van der Waals surface area contributed by atoms with E-state index in [4.69, 9.17) is 11.5 Å². The maximum absolute atomic E-state index is 14.2. The molecule has 0 radical (unpaired) electrons. The molecule has 5 nitrogen and oxygen atoms in total. The second kappa shape index (κ2) is 8.57. The molecule has 0 aliphatic carbocycles. The molecule has 154 valence electrons. The standard InChI is InChI=1S/C21H24F3N5/c1-12(2)29(28-21(26)16-9-14(22)3-5-18(16)24)20-13(7-8-25)11-27-19-6-4-15(23)10-17(19)20/h3-6,9-10,13,20,27H,1,7-8,11,25H2,2H3,(H2,26,28)/t13-,20?/m0/s1. The number of hydrazone groups is 1. The van der Waals surface area contributed by atoms with E-state index in [9.17, 15) is 13.2 Å². The summed E-state index contributed by atoms with van der Waals surface area (Å²) in [5, 5.41) is 9.19. The Labute approximate surface area is 167 Å². The number of hydrogen-bond acceptors (Lipinski definition) is 4. The highest BCUT2D eigenvalue weighted by Crippen LogP contribution is 2.41. The lowest BCUT2D eigenvalue weighted by Crippen LogP contribution is -2.38. The van der Waals surface area contributed by atoms with Crippen molar-refractivity contribution in [1.82, 2.24) is 5.01 Å². The van der Waals surface area contributed by atoms with E-state index in [2.05, 4.69) is 17.0 Å². The van der Waals surface area contributed by atoms with Crippen molar-refractivity contribution in [2.24, 2.45) is 22.5 Å². The number of nitrogens with two attached hydrogens (primary N) is 2. The van der Waals surface area contributed by atoms with E-state index in [0.29, 0.717) is 30.8 Å². The van der Waals surface area contributed by atoms with Gasteiger partial charge in [-0.05, 0) is 56.3 Å². The molecule has 5 N–H and O–H groups in total. The maximum atomic E-state index is 14.2. The number of amidine groups is 1. The molecule has 2 atom stereocenters. The van der Waals surface area contributed by atoms with Gasteiger partial charge in [0.15, 0.2) is 5.84 Å². The quantitative estimate of drug-likeness (QED) is 0.390. The first-order chi connectivity index (χ1) is 13.8. The van der Waals surface area contributed by atoms with Crippen LogP contribution in [0.15, 0.2) is 53.8 Å². The average molecular weight is 403 g/mol. The number of halogens is 3. The first-order valence-electron chi connectivity index (χ1n) is 9.29. The van der Waals surface area contributed by atoms with Crippen LogP contribution in [0.2, 0.25) is 0 Å². The molecule has 0 saturated heterocycles. The summed E-state index contributed by atoms with van der Waals surface area (Å²) in [6, 6.07) is 7.02. The van der Waals surface area contributed by atoms with Crippen LogP contribution >= 0.6 is 0 Å². The Morgan fingerprint density at radius 3 is 2.59 bits per heavy atom. The number of allylic oxidation sites excluding steroid dienone is 1. The predicted octanol–water partition coefficient (Wildman–Crippen LogP) is 3.69. The molecule has 1 aliphatic rings. The zero-order valence-corrected chi connectivity index (χ0v) is 16.1. The van der Waals surface area contributed by atoms with Crippen molar-refractivity contribution < 1.29 is 13.2 Å². The molecule has 1 aliphatic heterocycles. The van der Waals surface area contributed by atoms with Crippen LogP contribution in [0.5, 0.6) is 0 Å². The Morgan fingerprint density at radius 2 is 1.90 bits per heavy atom. The molecule has 1 unspecified atom stereocenters. The summed E-state index contributed by atoms with van der Waals surface area (Å²) in [6.45, 7) is 6.70. The van der Waals surface area contributed by atoms with Crippen molar-refractivity contribution >= 4 is 11.5 Å². The fourth-order valence-corrected chi connectivity index (χ4v) is 3.60. The summed E-state index contributed by atoms with van der Waals surface area (Å²) in [5.74, 6) is -1.94. The Morgan fingerprint density at radius 1 is 1.21 bits per heavy atom. The van der Waals surface area contributed by atoms with Crippen LogP contribution in [-0.2, 0) is 0 Å². The fourth-order valence-electron chi connectivity index (χ4n) is 3.60. The van der Waals surface area contributed by atoms with Crippen LogP contribution in [0, 0.1) is 23.4 Å². The summed E-state index contributed by atoms with van der Waals surface area (Å²) in [7, 11) is 0. The van der Waals surface area contributed by atoms with Gasteiger partial charge in [0.25, 0.3) is 0 Å². The molecular weight excluding hydrogens is 379 g/mol. The smallest absolute Gasteiger partial charge is 0.154 e. The van der Waals surface area contributed by atoms with Crippen LogP contribution < -0.4 is 16.8 Å². The molecule has 2 aromatic rings. The molecule has 29 heavy (non-hydrogen) atoms. The number of anilines is 1. The lowest BCUT2D eigenvalue weighted by Gasteiger charge is -2.40. The highest BCUT2D eigenvalue weighted by Gasteiger charge is 2.34. The molecule has 0 fully saturated rings. The third kappa shape index (κ3) is 4.37. The largest absolute Gasteiger partial charge is 0.384 e. The van der Waals surface area contributed by atoms with E-state index in [-0.39, 0.29) is 17.3 Å². The van der Waals surface area contributed by atoms with Gasteiger partial charge in [-0.1, -0.05) is 6.58 Å². The molecule has 2 aromatic carbocycles. The van der Waals surface area contributed by atoms with Crippen LogP contribution in [-0.4, -0.2) is 23.9 Å². The maximum Gasteiger partial charge on any atom is 0.154 e. The van der Waals surface area contributed by atoms with E-state index < -0.39 is 23.5 Å². The number of benzene rings is 2. The van der Waals surface area contributed by atoms with Crippen molar-refractivity contribution in [2.75, 3.05) is 18.4 Å². The van der Waals surface area contributed by atoms with Gasteiger partial charge in [0, 0.05) is 29.4 Å². The van der Waals surface area contributed by atoms with Gasteiger partial charge in [0.1, 0.15) is 17.5 Å². The summed E-state index contributed by atoms with van der Waals surface area (Å²) in [5.41, 5.74) is 13.6. The zero-order valence-electron chi connectivity index (χ0n) is 16.1. The van der Waals surface area contributed by atoms with Crippen molar-refractivity contribution in [3.05, 3.63) is 77.3 Å². The van der Waals surface area contributed by atoms with E-state index in [0.717, 1.165) is 23.9 Å². The Bertz CT molecular complexity index is 944. The third-order valence-electron chi connectivity index (χ3n) is 4.95. The summed E-state index contributed by atoms with van der Waals surface area (Å²) in [6.07, 6.45) is 0.640. The predicted molar refractivity (Wildman–Crippen MR) is 109 cm³/mol. The lowest BCUT2D eigenvalue weighted by atomic mass is 9.85. The first kappa shape index (κ1) is 20.7. The lowest BCUT2D eigenvalue weighted by molar-refractivity contribution is 0.186. The summed E-state index contributed by atoms with van der Waals surface area (Å²) in [4.78, 5) is 0. The molecular formula is C21H24F3N5. The van der Waals surface area contributed by atoms with Crippen molar-refractivity contribution in [3.63, 3.8) is 0 Å². The van der Waals surface area contributed by atoms with Crippen LogP contribution in [0.3, 0.4) is 0 Å². The van der Waals surface area contributed by atoms with Gasteiger partial charge < -0.3 is 16.8 Å². The zero-order chi connectivity index (χ0) is 21.1. The van der Waals surface area contributed by atoms with Gasteiger partial charge in [0.2, 0.25) is 0 Å². The molecule has 3 rings (SSSR count). The number of hydrogen-bond donors (Lipinski definition) is 3. The topological polar surface area (TPSA) is 79.7 Å². The Kier molecular flexibility index (Phi) is 6.12. The Balaban J connectivity index is 2.10. The van der Waals surface area contributed by atoms with Crippen molar-refractivity contribution in [2.45, 2.75) is 19.4 Å². The second-order valence-corrected chi connectivity index (χ2v) is 7.08. The van der Waals surface area contributed by atoms with E-state index in [1.807, 2.05) is 0 Å². The minimum Gasteiger partial charge on any atom is -0.384 e. The molecule has 0 saturated carbocycles. The van der Waals surface area contributed by atoms with Gasteiger partial charge >= 0.3 is 0 Å². The van der Waals surface area contributed by atoms with Crippen molar-refractivity contribution in [3.8, 4) is 0 Å². The van der Waals surface area contributed by atoms with Crippen LogP contribution in [0.25, 0.3) is 0 Å². The van der Waals surface area contributed by atoms with E-state index in [1.54, 1.807) is 18.0 Å². The van der Waals surface area contributed by atoms with Gasteiger partial charge in [-0.25, -0.2) is 13.2 Å². The minimum absolute atomic E-state index is 0.0279. The van der Waals surface area contributed by atoms with Crippen LogP contribution in [0.4, 0.5) is 18.9 Å². The van der Waals surface area contributed by atoms with E-state index in [1.165, 1.54) is 12.1 Å². The third-order valence-corrected chi connectivity index (χ3v) is 4.95. The highest BCUT2D eigenvalue weighted by atomic mass is 19.1. The molecule has 8 heteroatoms. The second-order valence-electron chi connectivity index (χ2n) is 7.08. The number of rotatable bonds is 6. The monoisotopic (exact) mass is 403 g/mol. The molecule has 0 aromatic heterocycles. The average Bonchev–Trinajstić information content (AvgIpc) is 2.68. The van der Waals surface area contributed by atoms with E-state index >= 15 is 0 Å². The normalized spacial score (nSPS) is 18.7. The number of nitrogens with zero attached hydrogens (tertiary/aromatic N) is 2. The first-order valence-corrected chi connectivity index (χ1v) is 9.29. The Hall–Kier alpha value is -3.00. The summed E-state index contributed by atoms with van der Waals surface area (Å²) < 4.78 is 41.8. The van der Waals surface area contributed by atoms with Gasteiger partial charge in [0.05, 0.1) is 11.6 Å². The SMILES string of the molecule is C=C(C)N(/N=C(\N)c1cc(F)ccc1F)C1c2cc(F)ccc2NC[C@@H]1CCN. The minimum atomic E-state index is -0.690. The molecule has 0 bridgehead atoms. The van der Waals surface area contributed by atoms with Gasteiger partial charge in [-0.3, -0.25) is 5.01 Å². The van der Waals surface area contributed by atoms with Gasteiger partial charge in [-0.2, -0.15) is 5.10 Å². The molecule has 0 amide bonds. The molecule has 0 spiro atoms. The fraction of sp³-hybridized carbons (Fsp3) is 0.286. The molecule has 1 heterocycles. The van der Waals surface area contributed by atoms with Crippen LogP contribution in [0.1, 0.15) is 30.5 Å². The van der Waals surface area contributed by atoms with Crippen molar-refractivity contribution in [1.29, 1.82) is 0 Å².